The highest BCUT2D eigenvalue weighted by Gasteiger charge is 2.26. The van der Waals surface area contributed by atoms with Crippen LogP contribution in [0.5, 0.6) is 5.75 Å². The summed E-state index contributed by atoms with van der Waals surface area (Å²) in [7, 11) is 2.04. The van der Waals surface area contributed by atoms with Crippen LogP contribution in [0.4, 0.5) is 0 Å². The quantitative estimate of drug-likeness (QED) is 0.594. The molecule has 0 saturated carbocycles. The van der Waals surface area contributed by atoms with Gasteiger partial charge in [-0.2, -0.15) is 0 Å². The van der Waals surface area contributed by atoms with Gasteiger partial charge in [-0.1, -0.05) is 6.07 Å². The topological polar surface area (TPSA) is 63.1 Å². The fraction of sp³-hybridized carbons (Fsp3) is 0.273. The van der Waals surface area contributed by atoms with Crippen LogP contribution in [-0.2, 0) is 7.05 Å². The maximum Gasteiger partial charge on any atom is 0.256 e. The zero-order chi connectivity index (χ0) is 19.1. The monoisotopic (exact) mass is 374 g/mol. The number of aromatic amines is 1. The molecule has 5 rings (SSSR count). The second kappa shape index (κ2) is 6.71. The molecule has 1 N–H and O–H groups in total. The van der Waals surface area contributed by atoms with E-state index in [1.807, 2.05) is 36.2 Å². The SMILES string of the molecule is Cn1ccc2c(OC3CCN(C(=O)c4c[nH]c5ncccc45)CC3)cccc21. The molecule has 6 nitrogen and oxygen atoms in total. The number of aromatic nitrogens is 3. The zero-order valence-electron chi connectivity index (χ0n) is 15.8. The second-order valence-corrected chi connectivity index (χ2v) is 7.33. The maximum atomic E-state index is 13.0. The van der Waals surface area contributed by atoms with Crippen molar-refractivity contribution < 1.29 is 9.53 Å². The molecule has 4 aromatic rings. The molecule has 28 heavy (non-hydrogen) atoms. The highest BCUT2D eigenvalue weighted by atomic mass is 16.5. The third-order valence-corrected chi connectivity index (χ3v) is 5.59. The van der Waals surface area contributed by atoms with E-state index in [2.05, 4.69) is 32.9 Å². The van der Waals surface area contributed by atoms with Crippen molar-refractivity contribution in [2.75, 3.05) is 13.1 Å². The number of pyridine rings is 1. The summed E-state index contributed by atoms with van der Waals surface area (Å²) in [6, 6.07) is 12.0. The van der Waals surface area contributed by atoms with E-state index >= 15 is 0 Å². The van der Waals surface area contributed by atoms with Gasteiger partial charge in [0.2, 0.25) is 0 Å². The van der Waals surface area contributed by atoms with Crippen LogP contribution in [-0.4, -0.2) is 44.5 Å². The van der Waals surface area contributed by atoms with Crippen molar-refractivity contribution in [1.29, 1.82) is 0 Å². The molecule has 1 aromatic carbocycles. The number of ether oxygens (including phenoxy) is 1. The highest BCUT2D eigenvalue weighted by molar-refractivity contribution is 6.05. The fourth-order valence-electron chi connectivity index (χ4n) is 4.04. The number of hydrogen-bond donors (Lipinski definition) is 1. The molecule has 4 heterocycles. The van der Waals surface area contributed by atoms with Crippen LogP contribution in [0.15, 0.2) is 55.0 Å². The summed E-state index contributed by atoms with van der Waals surface area (Å²) in [5, 5.41) is 2.01. The van der Waals surface area contributed by atoms with E-state index in [0.717, 1.165) is 40.5 Å². The lowest BCUT2D eigenvalue weighted by Crippen LogP contribution is -2.41. The number of aryl methyl sites for hydroxylation is 1. The number of rotatable bonds is 3. The number of H-pyrrole nitrogens is 1. The number of benzene rings is 1. The minimum absolute atomic E-state index is 0.0582. The first-order chi connectivity index (χ1) is 13.7. The van der Waals surface area contributed by atoms with E-state index in [9.17, 15) is 4.79 Å². The molecule has 1 fully saturated rings. The van der Waals surface area contributed by atoms with Crippen molar-refractivity contribution in [3.8, 4) is 5.75 Å². The number of carbonyl (C=O) groups is 1. The van der Waals surface area contributed by atoms with Crippen LogP contribution in [0.1, 0.15) is 23.2 Å². The Morgan fingerprint density at radius 3 is 2.86 bits per heavy atom. The van der Waals surface area contributed by atoms with Gasteiger partial charge in [0.15, 0.2) is 0 Å². The lowest BCUT2D eigenvalue weighted by atomic mass is 10.1. The Hall–Kier alpha value is -3.28. The predicted molar refractivity (Wildman–Crippen MR) is 109 cm³/mol. The molecule has 3 aromatic heterocycles. The Kier molecular flexibility index (Phi) is 4.04. The molecule has 0 unspecified atom stereocenters. The van der Waals surface area contributed by atoms with Gasteiger partial charge in [-0.3, -0.25) is 4.79 Å². The van der Waals surface area contributed by atoms with Crippen molar-refractivity contribution in [3.05, 3.63) is 60.6 Å². The number of fused-ring (bicyclic) bond motifs is 2. The van der Waals surface area contributed by atoms with E-state index in [1.54, 1.807) is 12.4 Å². The molecule has 142 valence electrons. The summed E-state index contributed by atoms with van der Waals surface area (Å²) in [6.45, 7) is 1.39. The van der Waals surface area contributed by atoms with Crippen molar-refractivity contribution in [3.63, 3.8) is 0 Å². The summed E-state index contributed by atoms with van der Waals surface area (Å²) in [5.74, 6) is 0.980. The smallest absolute Gasteiger partial charge is 0.256 e. The third kappa shape index (κ3) is 2.81. The van der Waals surface area contributed by atoms with Gasteiger partial charge >= 0.3 is 0 Å². The summed E-state index contributed by atoms with van der Waals surface area (Å²) < 4.78 is 8.40. The number of nitrogens with zero attached hydrogens (tertiary/aromatic N) is 3. The van der Waals surface area contributed by atoms with Crippen molar-refractivity contribution >= 4 is 27.8 Å². The van der Waals surface area contributed by atoms with E-state index < -0.39 is 0 Å². The van der Waals surface area contributed by atoms with E-state index in [-0.39, 0.29) is 12.0 Å². The third-order valence-electron chi connectivity index (χ3n) is 5.59. The van der Waals surface area contributed by atoms with Crippen molar-refractivity contribution in [2.24, 2.45) is 7.05 Å². The summed E-state index contributed by atoms with van der Waals surface area (Å²) in [6.07, 6.45) is 7.32. The van der Waals surface area contributed by atoms with E-state index in [1.165, 1.54) is 0 Å². The Labute approximate surface area is 162 Å². The molecular formula is C22H22N4O2. The van der Waals surface area contributed by atoms with E-state index in [0.29, 0.717) is 18.7 Å². The van der Waals surface area contributed by atoms with Crippen LogP contribution in [0.3, 0.4) is 0 Å². The first-order valence-electron chi connectivity index (χ1n) is 9.63. The number of amides is 1. The number of nitrogens with one attached hydrogen (secondary N) is 1. The lowest BCUT2D eigenvalue weighted by Gasteiger charge is -2.32. The molecule has 1 aliphatic heterocycles. The average molecular weight is 374 g/mol. The average Bonchev–Trinajstić information content (AvgIpc) is 3.33. The molecule has 0 aliphatic carbocycles. The number of hydrogen-bond acceptors (Lipinski definition) is 3. The summed E-state index contributed by atoms with van der Waals surface area (Å²) >= 11 is 0. The Morgan fingerprint density at radius 2 is 2.00 bits per heavy atom. The molecule has 0 atom stereocenters. The minimum atomic E-state index is 0.0582. The van der Waals surface area contributed by atoms with Gasteiger partial charge in [-0.25, -0.2) is 4.98 Å². The lowest BCUT2D eigenvalue weighted by molar-refractivity contribution is 0.0600. The van der Waals surface area contributed by atoms with Crippen LogP contribution in [0.2, 0.25) is 0 Å². The standard InChI is InChI=1S/C22H22N4O2/c1-25-11-9-17-19(25)5-2-6-20(17)28-15-7-12-26(13-8-15)22(27)18-14-24-21-16(18)4-3-10-23-21/h2-6,9-11,14-15H,7-8,12-13H2,1H3,(H,23,24). The maximum absolute atomic E-state index is 13.0. The molecule has 0 bridgehead atoms. The van der Waals surface area contributed by atoms with Crippen molar-refractivity contribution in [2.45, 2.75) is 18.9 Å². The zero-order valence-corrected chi connectivity index (χ0v) is 15.8. The van der Waals surface area contributed by atoms with Gasteiger partial charge < -0.3 is 19.2 Å². The Morgan fingerprint density at radius 1 is 1.14 bits per heavy atom. The minimum Gasteiger partial charge on any atom is -0.490 e. The molecule has 0 radical (unpaired) electrons. The second-order valence-electron chi connectivity index (χ2n) is 7.33. The molecule has 0 spiro atoms. The van der Waals surface area contributed by atoms with Crippen LogP contribution >= 0.6 is 0 Å². The van der Waals surface area contributed by atoms with Gasteiger partial charge in [-0.15, -0.1) is 0 Å². The number of likely N-dealkylation sites (tertiary alicyclic amines) is 1. The Balaban J connectivity index is 1.28. The van der Waals surface area contributed by atoms with Crippen LogP contribution in [0, 0.1) is 0 Å². The molecule has 1 saturated heterocycles. The normalized spacial score (nSPS) is 15.4. The van der Waals surface area contributed by atoms with Gasteiger partial charge in [0.1, 0.15) is 17.5 Å². The molecule has 1 amide bonds. The predicted octanol–water partition coefficient (Wildman–Crippen LogP) is 3.74. The van der Waals surface area contributed by atoms with Gasteiger partial charge in [0.25, 0.3) is 5.91 Å². The van der Waals surface area contributed by atoms with Gasteiger partial charge in [-0.05, 0) is 30.3 Å². The van der Waals surface area contributed by atoms with Gasteiger partial charge in [0, 0.05) is 62.3 Å². The molecule has 6 heteroatoms. The number of carbonyl (C=O) groups excluding carboxylic acids is 1. The van der Waals surface area contributed by atoms with Crippen LogP contribution in [0.25, 0.3) is 21.9 Å². The molecule has 1 aliphatic rings. The summed E-state index contributed by atoms with van der Waals surface area (Å²) in [4.78, 5) is 22.2. The summed E-state index contributed by atoms with van der Waals surface area (Å²) in [5.41, 5.74) is 2.61. The first kappa shape index (κ1) is 16.9. The Bertz CT molecular complexity index is 1150. The van der Waals surface area contributed by atoms with Crippen molar-refractivity contribution in [1.82, 2.24) is 19.4 Å². The van der Waals surface area contributed by atoms with Gasteiger partial charge in [0.05, 0.1) is 11.1 Å². The largest absolute Gasteiger partial charge is 0.490 e. The molecular weight excluding hydrogens is 352 g/mol. The highest BCUT2D eigenvalue weighted by Crippen LogP contribution is 2.29. The first-order valence-corrected chi connectivity index (χ1v) is 9.63. The fourth-order valence-corrected chi connectivity index (χ4v) is 4.04. The van der Waals surface area contributed by atoms with Crippen LogP contribution < -0.4 is 4.74 Å². The number of piperidine rings is 1. The van der Waals surface area contributed by atoms with E-state index in [4.69, 9.17) is 4.74 Å².